The normalized spacial score (nSPS) is 17.7. The van der Waals surface area contributed by atoms with E-state index in [0.717, 1.165) is 23.4 Å². The number of pyridine rings is 1. The van der Waals surface area contributed by atoms with Gasteiger partial charge in [-0.1, -0.05) is 19.9 Å². The van der Waals surface area contributed by atoms with Crippen LogP contribution in [-0.2, 0) is 26.7 Å². The van der Waals surface area contributed by atoms with Crippen molar-refractivity contribution < 1.29 is 27.8 Å². The molecule has 3 rings (SSSR count). The molecule has 0 amide bonds. The van der Waals surface area contributed by atoms with Crippen LogP contribution in [0.1, 0.15) is 55.6 Å². The number of fused-ring (bicyclic) bond motifs is 1. The number of aliphatic carboxylic acids is 1. The first kappa shape index (κ1) is 22.0. The van der Waals surface area contributed by atoms with E-state index in [4.69, 9.17) is 9.84 Å². The maximum Gasteiger partial charge on any atom is 0.418 e. The van der Waals surface area contributed by atoms with Crippen LogP contribution in [0.15, 0.2) is 30.5 Å². The highest BCUT2D eigenvalue weighted by atomic mass is 19.4. The van der Waals surface area contributed by atoms with E-state index in [-0.39, 0.29) is 16.7 Å². The van der Waals surface area contributed by atoms with Crippen LogP contribution in [0, 0.1) is 6.92 Å². The van der Waals surface area contributed by atoms with E-state index in [9.17, 15) is 18.0 Å². The van der Waals surface area contributed by atoms with Gasteiger partial charge in [-0.2, -0.15) is 13.2 Å². The van der Waals surface area contributed by atoms with E-state index >= 15 is 0 Å². The van der Waals surface area contributed by atoms with Crippen LogP contribution in [-0.4, -0.2) is 22.7 Å². The molecule has 7 heteroatoms. The molecule has 1 aromatic heterocycles. The summed E-state index contributed by atoms with van der Waals surface area (Å²) in [6.45, 7) is 10.1. The SMILES string of the molecule is Cc1cc2c(cc1-c1cc(/C=C/C(=O)O)ncc1C(F)(F)F)C(C)(C)COC2(C)C. The Balaban J connectivity index is 2.29. The number of nitrogens with zero attached hydrogens (tertiary/aromatic N) is 1. The molecule has 0 bridgehead atoms. The van der Waals surface area contributed by atoms with E-state index in [2.05, 4.69) is 4.98 Å². The molecule has 2 heterocycles. The summed E-state index contributed by atoms with van der Waals surface area (Å²) in [5.41, 5.74) is 1.35. The summed E-state index contributed by atoms with van der Waals surface area (Å²) in [5, 5.41) is 8.82. The maximum absolute atomic E-state index is 13.8. The molecule has 2 aromatic rings. The summed E-state index contributed by atoms with van der Waals surface area (Å²) < 4.78 is 47.3. The number of alkyl halides is 3. The maximum atomic E-state index is 13.8. The summed E-state index contributed by atoms with van der Waals surface area (Å²) >= 11 is 0. The molecule has 0 fully saturated rings. The van der Waals surface area contributed by atoms with Gasteiger partial charge in [0.15, 0.2) is 0 Å². The van der Waals surface area contributed by atoms with E-state index in [1.807, 2.05) is 39.8 Å². The highest BCUT2D eigenvalue weighted by Crippen LogP contribution is 2.45. The third kappa shape index (κ3) is 4.12. The summed E-state index contributed by atoms with van der Waals surface area (Å²) in [4.78, 5) is 14.6. The molecule has 1 N–H and O–H groups in total. The lowest BCUT2D eigenvalue weighted by Crippen LogP contribution is -2.40. The average Bonchev–Trinajstić information content (AvgIpc) is 2.62. The minimum Gasteiger partial charge on any atom is -0.478 e. The van der Waals surface area contributed by atoms with Crippen molar-refractivity contribution in [3.63, 3.8) is 0 Å². The van der Waals surface area contributed by atoms with Crippen molar-refractivity contribution in [2.75, 3.05) is 6.61 Å². The number of benzene rings is 1. The molecule has 1 aliphatic heterocycles. The van der Waals surface area contributed by atoms with Crippen molar-refractivity contribution in [3.8, 4) is 11.1 Å². The number of carbonyl (C=O) groups is 1. The Labute approximate surface area is 173 Å². The Morgan fingerprint density at radius 1 is 1.13 bits per heavy atom. The van der Waals surface area contributed by atoms with E-state index in [1.165, 1.54) is 12.1 Å². The molecule has 160 valence electrons. The lowest BCUT2D eigenvalue weighted by Gasteiger charge is -2.42. The van der Waals surface area contributed by atoms with Gasteiger partial charge >= 0.3 is 12.1 Å². The fourth-order valence-corrected chi connectivity index (χ4v) is 3.74. The van der Waals surface area contributed by atoms with Crippen LogP contribution in [0.25, 0.3) is 17.2 Å². The smallest absolute Gasteiger partial charge is 0.418 e. The number of aromatic nitrogens is 1. The number of hydrogen-bond acceptors (Lipinski definition) is 3. The highest BCUT2D eigenvalue weighted by Gasteiger charge is 2.40. The topological polar surface area (TPSA) is 59.4 Å². The monoisotopic (exact) mass is 419 g/mol. The molecule has 0 saturated carbocycles. The summed E-state index contributed by atoms with van der Waals surface area (Å²) in [6, 6.07) is 4.98. The van der Waals surface area contributed by atoms with E-state index < -0.39 is 23.3 Å². The minimum absolute atomic E-state index is 0.0251. The zero-order valence-electron chi connectivity index (χ0n) is 17.5. The predicted molar refractivity (Wildman–Crippen MR) is 108 cm³/mol. The summed E-state index contributed by atoms with van der Waals surface area (Å²) in [5.74, 6) is -1.20. The summed E-state index contributed by atoms with van der Waals surface area (Å²) in [6.07, 6.45) is -1.81. The first-order chi connectivity index (χ1) is 13.7. The third-order valence-electron chi connectivity index (χ3n) is 5.45. The number of aryl methyl sites for hydroxylation is 1. The van der Waals surface area contributed by atoms with Gasteiger partial charge in [-0.15, -0.1) is 0 Å². The number of carboxylic acid groups (broad SMARTS) is 1. The van der Waals surface area contributed by atoms with Gasteiger partial charge in [0.2, 0.25) is 0 Å². The molecule has 4 nitrogen and oxygen atoms in total. The third-order valence-corrected chi connectivity index (χ3v) is 5.45. The minimum atomic E-state index is -4.60. The van der Waals surface area contributed by atoms with Gasteiger partial charge in [-0.25, -0.2) is 4.79 Å². The largest absolute Gasteiger partial charge is 0.478 e. The molecule has 0 aliphatic carbocycles. The van der Waals surface area contributed by atoms with Gasteiger partial charge in [-0.05, 0) is 66.8 Å². The second kappa shape index (κ2) is 7.23. The average molecular weight is 419 g/mol. The van der Waals surface area contributed by atoms with Crippen molar-refractivity contribution in [2.45, 2.75) is 51.8 Å². The lowest BCUT2D eigenvalue weighted by molar-refractivity contribution is -0.137. The fourth-order valence-electron chi connectivity index (χ4n) is 3.74. The standard InChI is InChI=1S/C23H24F3NO3/c1-13-8-18-17(21(2,3)12-30-22(18,4)5)10-15(13)16-9-14(6-7-20(28)29)27-11-19(16)23(24,25)26/h6-11H,12H2,1-5H3,(H,28,29)/b7-6+. The second-order valence-electron chi connectivity index (χ2n) is 8.72. The van der Waals surface area contributed by atoms with E-state index in [1.54, 1.807) is 6.92 Å². The van der Waals surface area contributed by atoms with Gasteiger partial charge in [0.25, 0.3) is 0 Å². The number of halogens is 3. The van der Waals surface area contributed by atoms with Gasteiger partial charge < -0.3 is 9.84 Å². The van der Waals surface area contributed by atoms with Crippen molar-refractivity contribution in [3.05, 3.63) is 58.4 Å². The van der Waals surface area contributed by atoms with Crippen molar-refractivity contribution >= 4 is 12.0 Å². The molecule has 0 spiro atoms. The molecule has 0 saturated heterocycles. The second-order valence-corrected chi connectivity index (χ2v) is 8.72. The zero-order chi connectivity index (χ0) is 22.5. The predicted octanol–water partition coefficient (Wildman–Crippen LogP) is 5.72. The number of hydrogen-bond donors (Lipinski definition) is 1. The fraction of sp³-hybridized carbons (Fsp3) is 0.391. The van der Waals surface area contributed by atoms with Crippen LogP contribution in [0.4, 0.5) is 13.2 Å². The first-order valence-corrected chi connectivity index (χ1v) is 9.50. The molecule has 1 aliphatic rings. The van der Waals surface area contributed by atoms with Crippen molar-refractivity contribution in [1.82, 2.24) is 4.98 Å². The van der Waals surface area contributed by atoms with Crippen molar-refractivity contribution in [2.24, 2.45) is 0 Å². The Hall–Kier alpha value is -2.67. The Bertz CT molecular complexity index is 1040. The summed E-state index contributed by atoms with van der Waals surface area (Å²) in [7, 11) is 0. The zero-order valence-corrected chi connectivity index (χ0v) is 17.5. The number of ether oxygens (including phenoxy) is 1. The number of rotatable bonds is 3. The molecule has 0 atom stereocenters. The Kier molecular flexibility index (Phi) is 5.31. The van der Waals surface area contributed by atoms with Gasteiger partial charge in [-0.3, -0.25) is 4.98 Å². The number of carboxylic acids is 1. The van der Waals surface area contributed by atoms with Crippen LogP contribution in [0.5, 0.6) is 0 Å². The quantitative estimate of drug-likeness (QED) is 0.647. The lowest BCUT2D eigenvalue weighted by atomic mass is 9.73. The van der Waals surface area contributed by atoms with Gasteiger partial charge in [0, 0.05) is 17.7 Å². The van der Waals surface area contributed by atoms with E-state index in [0.29, 0.717) is 17.7 Å². The molecular formula is C23H24F3NO3. The van der Waals surface area contributed by atoms with Crippen LogP contribution >= 0.6 is 0 Å². The highest BCUT2D eigenvalue weighted by molar-refractivity contribution is 5.85. The van der Waals surface area contributed by atoms with Gasteiger partial charge in [0.05, 0.1) is 23.5 Å². The molecule has 30 heavy (non-hydrogen) atoms. The van der Waals surface area contributed by atoms with Gasteiger partial charge in [0.1, 0.15) is 0 Å². The van der Waals surface area contributed by atoms with Crippen LogP contribution in [0.3, 0.4) is 0 Å². The molecule has 1 aromatic carbocycles. The Morgan fingerprint density at radius 2 is 1.80 bits per heavy atom. The first-order valence-electron chi connectivity index (χ1n) is 9.50. The molecule has 0 unspecified atom stereocenters. The van der Waals surface area contributed by atoms with Crippen LogP contribution in [0.2, 0.25) is 0 Å². The van der Waals surface area contributed by atoms with Crippen molar-refractivity contribution in [1.29, 1.82) is 0 Å². The van der Waals surface area contributed by atoms with Crippen LogP contribution < -0.4 is 0 Å². The molecular weight excluding hydrogens is 395 g/mol. The Morgan fingerprint density at radius 3 is 2.40 bits per heavy atom. The molecule has 0 radical (unpaired) electrons.